The van der Waals surface area contributed by atoms with Crippen molar-refractivity contribution in [3.8, 4) is 5.88 Å². The number of rotatable bonds is 4. The molecular weight excluding hydrogens is 224 g/mol. The maximum atomic E-state index is 5.32. The zero-order chi connectivity index (χ0) is 12.5. The highest BCUT2D eigenvalue weighted by Crippen LogP contribution is 2.31. The Morgan fingerprint density at radius 3 is 2.67 bits per heavy atom. The summed E-state index contributed by atoms with van der Waals surface area (Å²) in [7, 11) is 1.67. The molecule has 1 saturated carbocycles. The van der Waals surface area contributed by atoms with Crippen molar-refractivity contribution >= 4 is 10.8 Å². The Kier molecular flexibility index (Phi) is 2.92. The lowest BCUT2D eigenvalue weighted by atomic mass is 10.0. The number of pyridine rings is 1. The van der Waals surface area contributed by atoms with Crippen LogP contribution in [0.2, 0.25) is 0 Å². The summed E-state index contributed by atoms with van der Waals surface area (Å²) < 4.78 is 5.32. The minimum Gasteiger partial charge on any atom is -0.481 e. The molecule has 1 aliphatic carbocycles. The van der Waals surface area contributed by atoms with Crippen molar-refractivity contribution in [3.05, 3.63) is 36.0 Å². The molecule has 94 valence electrons. The third-order valence-corrected chi connectivity index (χ3v) is 3.51. The number of methoxy groups -OCH3 is 1. The molecule has 0 radical (unpaired) electrons. The van der Waals surface area contributed by atoms with Crippen LogP contribution in [0.25, 0.3) is 10.8 Å². The number of nitrogens with one attached hydrogen (secondary N) is 1. The SMILES string of the molecule is COc1ncc(C(C)NC2CC2)c2ccccc12. The van der Waals surface area contributed by atoms with Crippen LogP contribution >= 0.6 is 0 Å². The first kappa shape index (κ1) is 11.5. The summed E-state index contributed by atoms with van der Waals surface area (Å²) >= 11 is 0. The zero-order valence-electron chi connectivity index (χ0n) is 10.8. The van der Waals surface area contributed by atoms with E-state index in [0.29, 0.717) is 18.0 Å². The van der Waals surface area contributed by atoms with E-state index in [-0.39, 0.29) is 0 Å². The Morgan fingerprint density at radius 2 is 2.00 bits per heavy atom. The van der Waals surface area contributed by atoms with E-state index in [4.69, 9.17) is 4.74 Å². The number of ether oxygens (including phenoxy) is 1. The van der Waals surface area contributed by atoms with Crippen molar-refractivity contribution in [2.75, 3.05) is 7.11 Å². The molecule has 1 aliphatic rings. The molecule has 1 heterocycles. The van der Waals surface area contributed by atoms with Gasteiger partial charge in [0, 0.05) is 23.7 Å². The lowest BCUT2D eigenvalue weighted by Crippen LogP contribution is -2.21. The quantitative estimate of drug-likeness (QED) is 0.894. The van der Waals surface area contributed by atoms with Crippen LogP contribution in [-0.2, 0) is 0 Å². The number of nitrogens with zero attached hydrogens (tertiary/aromatic N) is 1. The largest absolute Gasteiger partial charge is 0.481 e. The first-order chi connectivity index (χ1) is 8.79. The third kappa shape index (κ3) is 2.06. The fourth-order valence-corrected chi connectivity index (χ4v) is 2.39. The molecule has 1 aromatic heterocycles. The number of benzene rings is 1. The predicted octanol–water partition coefficient (Wildman–Crippen LogP) is 3.06. The molecule has 0 amide bonds. The van der Waals surface area contributed by atoms with E-state index >= 15 is 0 Å². The van der Waals surface area contributed by atoms with Crippen LogP contribution in [0.15, 0.2) is 30.5 Å². The van der Waals surface area contributed by atoms with E-state index in [1.165, 1.54) is 23.8 Å². The molecule has 3 heteroatoms. The summed E-state index contributed by atoms with van der Waals surface area (Å²) in [4.78, 5) is 4.41. The predicted molar refractivity (Wildman–Crippen MR) is 72.9 cm³/mol. The fraction of sp³-hybridized carbons (Fsp3) is 0.400. The van der Waals surface area contributed by atoms with E-state index in [9.17, 15) is 0 Å². The normalized spacial score (nSPS) is 16.8. The minimum absolute atomic E-state index is 0.334. The van der Waals surface area contributed by atoms with Gasteiger partial charge in [-0.25, -0.2) is 4.98 Å². The molecule has 1 aromatic carbocycles. The van der Waals surface area contributed by atoms with Crippen LogP contribution in [0.4, 0.5) is 0 Å². The molecule has 0 bridgehead atoms. The fourth-order valence-electron chi connectivity index (χ4n) is 2.39. The standard InChI is InChI=1S/C15H18N2O/c1-10(17-11-7-8-11)14-9-16-15(18-2)13-6-4-3-5-12(13)14/h3-6,9-11,17H,7-8H2,1-2H3. The van der Waals surface area contributed by atoms with Crippen LogP contribution in [-0.4, -0.2) is 18.1 Å². The van der Waals surface area contributed by atoms with Crippen LogP contribution in [0.1, 0.15) is 31.4 Å². The molecule has 0 spiro atoms. The van der Waals surface area contributed by atoms with Crippen molar-refractivity contribution in [3.63, 3.8) is 0 Å². The van der Waals surface area contributed by atoms with Crippen molar-refractivity contribution in [1.29, 1.82) is 0 Å². The van der Waals surface area contributed by atoms with Crippen molar-refractivity contribution < 1.29 is 4.74 Å². The van der Waals surface area contributed by atoms with E-state index in [1.54, 1.807) is 7.11 Å². The molecule has 3 nitrogen and oxygen atoms in total. The van der Waals surface area contributed by atoms with Crippen molar-refractivity contribution in [1.82, 2.24) is 10.3 Å². The Bertz CT molecular complexity index is 563. The summed E-state index contributed by atoms with van der Waals surface area (Å²) in [5.74, 6) is 0.702. The van der Waals surface area contributed by atoms with Crippen LogP contribution in [0.3, 0.4) is 0 Å². The zero-order valence-corrected chi connectivity index (χ0v) is 10.8. The average Bonchev–Trinajstić information content (AvgIpc) is 3.21. The topological polar surface area (TPSA) is 34.1 Å². The molecule has 1 N–H and O–H groups in total. The molecular formula is C15H18N2O. The molecule has 18 heavy (non-hydrogen) atoms. The third-order valence-electron chi connectivity index (χ3n) is 3.51. The minimum atomic E-state index is 0.334. The first-order valence-electron chi connectivity index (χ1n) is 6.47. The molecule has 1 fully saturated rings. The summed E-state index contributed by atoms with van der Waals surface area (Å²) in [5.41, 5.74) is 1.25. The Labute approximate surface area is 107 Å². The first-order valence-corrected chi connectivity index (χ1v) is 6.47. The Morgan fingerprint density at radius 1 is 1.28 bits per heavy atom. The summed E-state index contributed by atoms with van der Waals surface area (Å²) in [5, 5.41) is 5.93. The van der Waals surface area contributed by atoms with Gasteiger partial charge in [-0.05, 0) is 36.8 Å². The highest BCUT2D eigenvalue weighted by atomic mass is 16.5. The smallest absolute Gasteiger partial charge is 0.221 e. The van der Waals surface area contributed by atoms with E-state index < -0.39 is 0 Å². The van der Waals surface area contributed by atoms with Gasteiger partial charge in [0.25, 0.3) is 0 Å². The molecule has 0 saturated heterocycles. The van der Waals surface area contributed by atoms with Crippen molar-refractivity contribution in [2.45, 2.75) is 31.8 Å². The second kappa shape index (κ2) is 4.58. The Balaban J connectivity index is 2.05. The van der Waals surface area contributed by atoms with E-state index in [1.807, 2.05) is 12.3 Å². The number of hydrogen-bond donors (Lipinski definition) is 1. The van der Waals surface area contributed by atoms with Crippen LogP contribution in [0, 0.1) is 0 Å². The molecule has 2 aromatic rings. The molecule has 3 rings (SSSR count). The Hall–Kier alpha value is -1.61. The van der Waals surface area contributed by atoms with Crippen LogP contribution < -0.4 is 10.1 Å². The maximum absolute atomic E-state index is 5.32. The van der Waals surface area contributed by atoms with Crippen molar-refractivity contribution in [2.24, 2.45) is 0 Å². The lowest BCUT2D eigenvalue weighted by molar-refractivity contribution is 0.403. The maximum Gasteiger partial charge on any atom is 0.221 e. The van der Waals surface area contributed by atoms with Gasteiger partial charge in [0.05, 0.1) is 7.11 Å². The molecule has 1 unspecified atom stereocenters. The van der Waals surface area contributed by atoms with Gasteiger partial charge < -0.3 is 10.1 Å². The average molecular weight is 242 g/mol. The van der Waals surface area contributed by atoms with Gasteiger partial charge in [0.2, 0.25) is 5.88 Å². The lowest BCUT2D eigenvalue weighted by Gasteiger charge is -2.16. The summed E-state index contributed by atoms with van der Waals surface area (Å²) in [6.07, 6.45) is 4.53. The van der Waals surface area contributed by atoms with Gasteiger partial charge in [-0.1, -0.05) is 18.2 Å². The van der Waals surface area contributed by atoms with Gasteiger partial charge >= 0.3 is 0 Å². The number of aromatic nitrogens is 1. The second-order valence-corrected chi connectivity index (χ2v) is 4.93. The highest BCUT2D eigenvalue weighted by molar-refractivity contribution is 5.89. The summed E-state index contributed by atoms with van der Waals surface area (Å²) in [6, 6.07) is 9.32. The monoisotopic (exact) mass is 242 g/mol. The molecule has 0 aliphatic heterocycles. The molecule has 1 atom stereocenters. The number of fused-ring (bicyclic) bond motifs is 1. The summed E-state index contributed by atoms with van der Waals surface area (Å²) in [6.45, 7) is 2.20. The van der Waals surface area contributed by atoms with Gasteiger partial charge in [0.1, 0.15) is 0 Å². The van der Waals surface area contributed by atoms with Crippen LogP contribution in [0.5, 0.6) is 5.88 Å². The van der Waals surface area contributed by atoms with E-state index in [0.717, 1.165) is 5.39 Å². The second-order valence-electron chi connectivity index (χ2n) is 4.93. The van der Waals surface area contributed by atoms with Gasteiger partial charge in [-0.15, -0.1) is 0 Å². The highest BCUT2D eigenvalue weighted by Gasteiger charge is 2.24. The van der Waals surface area contributed by atoms with Gasteiger partial charge in [-0.2, -0.15) is 0 Å². The van der Waals surface area contributed by atoms with Gasteiger partial charge in [-0.3, -0.25) is 0 Å². The van der Waals surface area contributed by atoms with Gasteiger partial charge in [0.15, 0.2) is 0 Å². The number of hydrogen-bond acceptors (Lipinski definition) is 3. The van der Waals surface area contributed by atoms with E-state index in [2.05, 4.69) is 35.4 Å².